The van der Waals surface area contributed by atoms with Crippen LogP contribution in [0, 0.1) is 5.92 Å². The molecule has 1 unspecified atom stereocenters. The third kappa shape index (κ3) is 2.27. The van der Waals surface area contributed by atoms with E-state index in [4.69, 9.17) is 9.47 Å². The van der Waals surface area contributed by atoms with E-state index in [-0.39, 0.29) is 0 Å². The smallest absolute Gasteiger partial charge is 0.231 e. The summed E-state index contributed by atoms with van der Waals surface area (Å²) in [6.07, 6.45) is 0. The van der Waals surface area contributed by atoms with E-state index in [1.165, 1.54) is 0 Å². The normalized spacial score (nSPS) is 21.3. The van der Waals surface area contributed by atoms with Gasteiger partial charge in [0.05, 0.1) is 6.54 Å². The maximum atomic E-state index is 5.35. The average molecular weight is 264 g/mol. The van der Waals surface area contributed by atoms with Crippen molar-refractivity contribution in [3.05, 3.63) is 18.2 Å². The van der Waals surface area contributed by atoms with Gasteiger partial charge in [-0.05, 0) is 18.1 Å². The summed E-state index contributed by atoms with van der Waals surface area (Å²) in [5.41, 5.74) is 0.995. The lowest BCUT2D eigenvalue weighted by atomic mass is 10.1. The fourth-order valence-electron chi connectivity index (χ4n) is 1.90. The minimum absolute atomic E-state index is 0.309. The van der Waals surface area contributed by atoms with Crippen LogP contribution in [0.1, 0.15) is 13.8 Å². The number of nitrogens with one attached hydrogen (secondary N) is 1. The Morgan fingerprint density at radius 3 is 2.94 bits per heavy atom. The van der Waals surface area contributed by atoms with E-state index in [0.29, 0.717) is 18.0 Å². The molecule has 0 bridgehead atoms. The first-order valence-corrected chi connectivity index (χ1v) is 6.98. The van der Waals surface area contributed by atoms with Gasteiger partial charge in [-0.25, -0.2) is 0 Å². The number of nitrogens with zero attached hydrogens (tertiary/aromatic N) is 1. The molecule has 2 heterocycles. The van der Waals surface area contributed by atoms with Crippen LogP contribution in [-0.2, 0) is 0 Å². The Labute approximate surface area is 111 Å². The largest absolute Gasteiger partial charge is 0.454 e. The van der Waals surface area contributed by atoms with E-state index in [9.17, 15) is 0 Å². The SMILES string of the molecule is CC(C)C1CN=C(Nc2ccc3c(c2)OCO3)S1. The number of hydrogen-bond acceptors (Lipinski definition) is 5. The Bertz CT molecular complexity index is 488. The molecule has 2 aliphatic rings. The van der Waals surface area contributed by atoms with Crippen LogP contribution in [0.3, 0.4) is 0 Å². The standard InChI is InChI=1S/C13H16N2O2S/c1-8(2)12-6-14-13(18-12)15-9-3-4-10-11(5-9)17-7-16-10/h3-5,8,12H,6-7H2,1-2H3,(H,14,15). The van der Waals surface area contributed by atoms with Crippen LogP contribution in [0.15, 0.2) is 23.2 Å². The Balaban J connectivity index is 1.67. The van der Waals surface area contributed by atoms with Gasteiger partial charge < -0.3 is 14.8 Å². The molecule has 0 aliphatic carbocycles. The highest BCUT2D eigenvalue weighted by Crippen LogP contribution is 2.35. The minimum Gasteiger partial charge on any atom is -0.454 e. The number of hydrogen-bond donors (Lipinski definition) is 1. The molecule has 4 nitrogen and oxygen atoms in total. The average Bonchev–Trinajstić information content (AvgIpc) is 2.96. The summed E-state index contributed by atoms with van der Waals surface area (Å²) < 4.78 is 10.6. The number of aliphatic imine (C=N–C) groups is 1. The number of thioether (sulfide) groups is 1. The Morgan fingerprint density at radius 2 is 2.17 bits per heavy atom. The highest BCUT2D eigenvalue weighted by Gasteiger charge is 2.23. The van der Waals surface area contributed by atoms with Crippen LogP contribution in [-0.4, -0.2) is 23.8 Å². The summed E-state index contributed by atoms with van der Waals surface area (Å²) in [4.78, 5) is 4.52. The van der Waals surface area contributed by atoms with Crippen LogP contribution < -0.4 is 14.8 Å². The molecular formula is C13H16N2O2S. The molecule has 0 saturated heterocycles. The van der Waals surface area contributed by atoms with E-state index in [1.54, 1.807) is 0 Å². The zero-order chi connectivity index (χ0) is 12.5. The molecule has 0 saturated carbocycles. The number of fused-ring (bicyclic) bond motifs is 1. The highest BCUT2D eigenvalue weighted by molar-refractivity contribution is 8.15. The number of benzene rings is 1. The second-order valence-electron chi connectivity index (χ2n) is 4.74. The first kappa shape index (κ1) is 11.7. The van der Waals surface area contributed by atoms with Crippen molar-refractivity contribution >= 4 is 22.6 Å². The second-order valence-corrected chi connectivity index (χ2v) is 5.97. The lowest BCUT2D eigenvalue weighted by Crippen LogP contribution is -2.13. The summed E-state index contributed by atoms with van der Waals surface area (Å²) in [6, 6.07) is 5.86. The molecule has 96 valence electrons. The van der Waals surface area contributed by atoms with Crippen LogP contribution in [0.25, 0.3) is 0 Å². The van der Waals surface area contributed by atoms with E-state index in [0.717, 1.165) is 28.9 Å². The minimum atomic E-state index is 0.309. The van der Waals surface area contributed by atoms with E-state index < -0.39 is 0 Å². The van der Waals surface area contributed by atoms with Gasteiger partial charge >= 0.3 is 0 Å². The number of rotatable bonds is 2. The third-order valence-corrected chi connectivity index (χ3v) is 4.50. The first-order valence-electron chi connectivity index (χ1n) is 6.10. The predicted octanol–water partition coefficient (Wildman–Crippen LogP) is 2.95. The van der Waals surface area contributed by atoms with Gasteiger partial charge in [-0.15, -0.1) is 0 Å². The lowest BCUT2D eigenvalue weighted by Gasteiger charge is -2.12. The molecule has 0 amide bonds. The van der Waals surface area contributed by atoms with Crippen molar-refractivity contribution in [2.45, 2.75) is 19.1 Å². The number of ether oxygens (including phenoxy) is 2. The van der Waals surface area contributed by atoms with Gasteiger partial charge in [-0.3, -0.25) is 4.99 Å². The molecule has 3 rings (SSSR count). The quantitative estimate of drug-likeness (QED) is 0.892. The fourth-order valence-corrected chi connectivity index (χ4v) is 2.94. The summed E-state index contributed by atoms with van der Waals surface area (Å²) in [6.45, 7) is 5.67. The molecule has 1 aromatic rings. The van der Waals surface area contributed by atoms with Crippen molar-refractivity contribution < 1.29 is 9.47 Å². The van der Waals surface area contributed by atoms with Crippen LogP contribution in [0.2, 0.25) is 0 Å². The Kier molecular flexibility index (Phi) is 3.07. The van der Waals surface area contributed by atoms with Crippen molar-refractivity contribution in [2.75, 3.05) is 18.7 Å². The maximum absolute atomic E-state index is 5.35. The Hall–Kier alpha value is -1.36. The van der Waals surface area contributed by atoms with Crippen molar-refractivity contribution in [1.82, 2.24) is 0 Å². The van der Waals surface area contributed by atoms with Crippen LogP contribution in [0.4, 0.5) is 5.69 Å². The van der Waals surface area contributed by atoms with Gasteiger partial charge in [0, 0.05) is 17.0 Å². The molecule has 1 aromatic carbocycles. The fraction of sp³-hybridized carbons (Fsp3) is 0.462. The third-order valence-electron chi connectivity index (χ3n) is 3.05. The van der Waals surface area contributed by atoms with Crippen molar-refractivity contribution in [3.63, 3.8) is 0 Å². The molecular weight excluding hydrogens is 248 g/mol. The molecule has 2 aliphatic heterocycles. The number of anilines is 1. The second kappa shape index (κ2) is 4.72. The first-order chi connectivity index (χ1) is 8.72. The topological polar surface area (TPSA) is 42.9 Å². The van der Waals surface area contributed by atoms with Crippen molar-refractivity contribution in [2.24, 2.45) is 10.9 Å². The molecule has 0 fully saturated rings. The molecule has 0 aromatic heterocycles. The van der Waals surface area contributed by atoms with Crippen LogP contribution in [0.5, 0.6) is 11.5 Å². The molecule has 0 spiro atoms. The Morgan fingerprint density at radius 1 is 1.33 bits per heavy atom. The van der Waals surface area contributed by atoms with E-state index >= 15 is 0 Å². The molecule has 1 N–H and O–H groups in total. The molecule has 5 heteroatoms. The lowest BCUT2D eigenvalue weighted by molar-refractivity contribution is 0.174. The van der Waals surface area contributed by atoms with E-state index in [2.05, 4.69) is 24.2 Å². The van der Waals surface area contributed by atoms with Crippen LogP contribution >= 0.6 is 11.8 Å². The summed E-state index contributed by atoms with van der Waals surface area (Å²) in [5.74, 6) is 2.25. The predicted molar refractivity (Wildman–Crippen MR) is 74.7 cm³/mol. The van der Waals surface area contributed by atoms with Gasteiger partial charge in [0.25, 0.3) is 0 Å². The maximum Gasteiger partial charge on any atom is 0.231 e. The molecule has 18 heavy (non-hydrogen) atoms. The summed E-state index contributed by atoms with van der Waals surface area (Å²) >= 11 is 1.81. The zero-order valence-corrected chi connectivity index (χ0v) is 11.3. The zero-order valence-electron chi connectivity index (χ0n) is 10.5. The van der Waals surface area contributed by atoms with E-state index in [1.807, 2.05) is 30.0 Å². The van der Waals surface area contributed by atoms with Crippen molar-refractivity contribution in [3.8, 4) is 11.5 Å². The monoisotopic (exact) mass is 264 g/mol. The molecule has 0 radical (unpaired) electrons. The summed E-state index contributed by atoms with van der Waals surface area (Å²) in [7, 11) is 0. The van der Waals surface area contributed by atoms with Gasteiger partial charge in [0.2, 0.25) is 6.79 Å². The van der Waals surface area contributed by atoms with Gasteiger partial charge in [-0.1, -0.05) is 25.6 Å². The van der Waals surface area contributed by atoms with Gasteiger partial charge in [0.15, 0.2) is 16.7 Å². The summed E-state index contributed by atoms with van der Waals surface area (Å²) in [5, 5.41) is 4.91. The number of amidine groups is 1. The van der Waals surface area contributed by atoms with Crippen molar-refractivity contribution in [1.29, 1.82) is 0 Å². The molecule has 1 atom stereocenters. The van der Waals surface area contributed by atoms with Gasteiger partial charge in [0.1, 0.15) is 0 Å². The van der Waals surface area contributed by atoms with Gasteiger partial charge in [-0.2, -0.15) is 0 Å². The highest BCUT2D eigenvalue weighted by atomic mass is 32.2.